The Bertz CT molecular complexity index is 289. The van der Waals surface area contributed by atoms with Crippen LogP contribution in [0.3, 0.4) is 0 Å². The maximum Gasteiger partial charge on any atom is 0.314 e. The second kappa shape index (κ2) is 10.5. The van der Waals surface area contributed by atoms with Crippen molar-refractivity contribution < 1.29 is 14.7 Å². The first-order chi connectivity index (χ1) is 9.68. The molecule has 116 valence electrons. The quantitative estimate of drug-likeness (QED) is 0.570. The van der Waals surface area contributed by atoms with E-state index in [1.807, 2.05) is 0 Å². The lowest BCUT2D eigenvalue weighted by Crippen LogP contribution is -2.39. The van der Waals surface area contributed by atoms with Crippen LogP contribution in [0.5, 0.6) is 0 Å². The second-order valence-electron chi connectivity index (χ2n) is 5.70. The van der Waals surface area contributed by atoms with Crippen molar-refractivity contribution in [1.82, 2.24) is 10.6 Å². The molecule has 0 aromatic heterocycles. The van der Waals surface area contributed by atoms with Gasteiger partial charge in [-0.2, -0.15) is 0 Å². The predicted molar refractivity (Wildman–Crippen MR) is 78.7 cm³/mol. The van der Waals surface area contributed by atoms with E-state index < -0.39 is 5.97 Å². The van der Waals surface area contributed by atoms with Crippen molar-refractivity contribution in [2.75, 3.05) is 13.1 Å². The van der Waals surface area contributed by atoms with Crippen molar-refractivity contribution in [2.45, 2.75) is 64.2 Å². The first-order valence-corrected chi connectivity index (χ1v) is 7.92. The number of rotatable bonds is 9. The number of hydrogen-bond acceptors (Lipinski definition) is 2. The van der Waals surface area contributed by atoms with Crippen LogP contribution in [0.15, 0.2) is 0 Å². The van der Waals surface area contributed by atoms with Gasteiger partial charge in [-0.1, -0.05) is 32.1 Å². The van der Waals surface area contributed by atoms with Crippen LogP contribution in [-0.2, 0) is 4.79 Å². The van der Waals surface area contributed by atoms with Gasteiger partial charge in [0.25, 0.3) is 0 Å². The van der Waals surface area contributed by atoms with Gasteiger partial charge in [0.15, 0.2) is 0 Å². The average Bonchev–Trinajstić information content (AvgIpc) is 2.45. The highest BCUT2D eigenvalue weighted by molar-refractivity contribution is 5.73. The molecule has 1 aliphatic carbocycles. The average molecular weight is 284 g/mol. The minimum atomic E-state index is -0.731. The summed E-state index contributed by atoms with van der Waals surface area (Å²) in [5.74, 6) is -0.0734. The fourth-order valence-corrected chi connectivity index (χ4v) is 2.65. The Balaban J connectivity index is 1.88. The highest BCUT2D eigenvalue weighted by Crippen LogP contribution is 2.22. The van der Waals surface area contributed by atoms with E-state index in [2.05, 4.69) is 10.6 Å². The Hall–Kier alpha value is -1.26. The highest BCUT2D eigenvalue weighted by Gasteiger charge is 2.13. The SMILES string of the molecule is O=C(O)CCCCCCNC(=O)NCC1CCCCC1. The molecule has 1 rings (SSSR count). The Morgan fingerprint density at radius 2 is 1.65 bits per heavy atom. The van der Waals surface area contributed by atoms with Gasteiger partial charge in [0.05, 0.1) is 0 Å². The summed E-state index contributed by atoms with van der Waals surface area (Å²) in [4.78, 5) is 21.9. The summed E-state index contributed by atoms with van der Waals surface area (Å²) in [7, 11) is 0. The molecule has 5 heteroatoms. The molecule has 5 nitrogen and oxygen atoms in total. The third kappa shape index (κ3) is 8.77. The lowest BCUT2D eigenvalue weighted by Gasteiger charge is -2.21. The van der Waals surface area contributed by atoms with Gasteiger partial charge in [-0.05, 0) is 31.6 Å². The lowest BCUT2D eigenvalue weighted by atomic mass is 9.89. The minimum Gasteiger partial charge on any atom is -0.481 e. The normalized spacial score (nSPS) is 15.8. The number of carbonyl (C=O) groups is 2. The molecule has 0 unspecified atom stereocenters. The zero-order valence-electron chi connectivity index (χ0n) is 12.3. The number of carboxylic acids is 1. The van der Waals surface area contributed by atoms with Gasteiger partial charge < -0.3 is 15.7 Å². The third-order valence-electron chi connectivity index (χ3n) is 3.88. The Labute approximate surface area is 121 Å². The van der Waals surface area contributed by atoms with E-state index in [0.717, 1.165) is 32.2 Å². The predicted octanol–water partition coefficient (Wildman–Crippen LogP) is 2.90. The van der Waals surface area contributed by atoms with Crippen molar-refractivity contribution in [3.8, 4) is 0 Å². The van der Waals surface area contributed by atoms with Gasteiger partial charge >= 0.3 is 12.0 Å². The molecule has 1 fully saturated rings. The smallest absolute Gasteiger partial charge is 0.314 e. The topological polar surface area (TPSA) is 78.4 Å². The summed E-state index contributed by atoms with van der Waals surface area (Å²) in [6.45, 7) is 1.47. The summed E-state index contributed by atoms with van der Waals surface area (Å²) < 4.78 is 0. The molecule has 0 aromatic rings. The zero-order valence-corrected chi connectivity index (χ0v) is 12.3. The van der Waals surface area contributed by atoms with Crippen molar-refractivity contribution >= 4 is 12.0 Å². The Kier molecular flexibility index (Phi) is 8.83. The van der Waals surface area contributed by atoms with E-state index in [0.29, 0.717) is 12.5 Å². The lowest BCUT2D eigenvalue weighted by molar-refractivity contribution is -0.137. The van der Waals surface area contributed by atoms with E-state index >= 15 is 0 Å². The number of aliphatic carboxylic acids is 1. The third-order valence-corrected chi connectivity index (χ3v) is 3.88. The number of carboxylic acid groups (broad SMARTS) is 1. The van der Waals surface area contributed by atoms with Crippen molar-refractivity contribution in [3.05, 3.63) is 0 Å². The molecule has 0 radical (unpaired) electrons. The number of nitrogens with one attached hydrogen (secondary N) is 2. The molecule has 0 spiro atoms. The summed E-state index contributed by atoms with van der Waals surface area (Å²) in [5, 5.41) is 14.3. The van der Waals surface area contributed by atoms with Crippen molar-refractivity contribution in [3.63, 3.8) is 0 Å². The van der Waals surface area contributed by atoms with Crippen LogP contribution in [0, 0.1) is 5.92 Å². The molecule has 0 aliphatic heterocycles. The summed E-state index contributed by atoms with van der Waals surface area (Å²) in [6, 6.07) is -0.0684. The standard InChI is InChI=1S/C15H28N2O3/c18-14(19)10-6-1-2-7-11-16-15(20)17-12-13-8-4-3-5-9-13/h13H,1-12H2,(H,18,19)(H2,16,17,20). The van der Waals surface area contributed by atoms with E-state index in [4.69, 9.17) is 5.11 Å². The Morgan fingerprint density at radius 1 is 0.950 bits per heavy atom. The Morgan fingerprint density at radius 3 is 2.35 bits per heavy atom. The van der Waals surface area contributed by atoms with Crippen LogP contribution in [0.2, 0.25) is 0 Å². The molecule has 0 heterocycles. The van der Waals surface area contributed by atoms with Crippen LogP contribution in [0.1, 0.15) is 64.2 Å². The molecule has 2 amide bonds. The summed E-state index contributed by atoms with van der Waals surface area (Å²) in [5.41, 5.74) is 0. The van der Waals surface area contributed by atoms with E-state index in [-0.39, 0.29) is 12.5 Å². The van der Waals surface area contributed by atoms with Gasteiger partial charge in [-0.15, -0.1) is 0 Å². The van der Waals surface area contributed by atoms with Crippen LogP contribution >= 0.6 is 0 Å². The van der Waals surface area contributed by atoms with Gasteiger partial charge in [0.2, 0.25) is 0 Å². The molecule has 0 atom stereocenters. The first kappa shape index (κ1) is 16.8. The molecule has 0 bridgehead atoms. The summed E-state index contributed by atoms with van der Waals surface area (Å²) >= 11 is 0. The molecule has 20 heavy (non-hydrogen) atoms. The zero-order chi connectivity index (χ0) is 14.6. The molecule has 3 N–H and O–H groups in total. The van der Waals surface area contributed by atoms with Crippen LogP contribution < -0.4 is 10.6 Å². The number of carbonyl (C=O) groups excluding carboxylic acids is 1. The highest BCUT2D eigenvalue weighted by atomic mass is 16.4. The van der Waals surface area contributed by atoms with E-state index in [1.165, 1.54) is 32.1 Å². The molecule has 1 aliphatic rings. The molecular formula is C15H28N2O3. The number of urea groups is 1. The van der Waals surface area contributed by atoms with Crippen molar-refractivity contribution in [2.24, 2.45) is 5.92 Å². The monoisotopic (exact) mass is 284 g/mol. The number of hydrogen-bond donors (Lipinski definition) is 3. The van der Waals surface area contributed by atoms with Gasteiger partial charge in [0.1, 0.15) is 0 Å². The fraction of sp³-hybridized carbons (Fsp3) is 0.867. The first-order valence-electron chi connectivity index (χ1n) is 7.92. The molecular weight excluding hydrogens is 256 g/mol. The van der Waals surface area contributed by atoms with Crippen LogP contribution in [0.25, 0.3) is 0 Å². The summed E-state index contributed by atoms with van der Waals surface area (Å²) in [6.07, 6.45) is 10.2. The van der Waals surface area contributed by atoms with Crippen molar-refractivity contribution in [1.29, 1.82) is 0 Å². The van der Waals surface area contributed by atoms with Gasteiger partial charge in [0, 0.05) is 19.5 Å². The number of amides is 2. The maximum atomic E-state index is 11.6. The van der Waals surface area contributed by atoms with E-state index in [1.54, 1.807) is 0 Å². The molecule has 0 saturated heterocycles. The second-order valence-corrected chi connectivity index (χ2v) is 5.70. The number of unbranched alkanes of at least 4 members (excludes halogenated alkanes) is 3. The van der Waals surface area contributed by atoms with Gasteiger partial charge in [-0.25, -0.2) is 4.79 Å². The minimum absolute atomic E-state index is 0.0684. The molecule has 1 saturated carbocycles. The molecule has 0 aromatic carbocycles. The van der Waals surface area contributed by atoms with Gasteiger partial charge in [-0.3, -0.25) is 4.79 Å². The van der Waals surface area contributed by atoms with E-state index in [9.17, 15) is 9.59 Å². The van der Waals surface area contributed by atoms with Crippen LogP contribution in [-0.4, -0.2) is 30.2 Å². The fourth-order valence-electron chi connectivity index (χ4n) is 2.65. The largest absolute Gasteiger partial charge is 0.481 e. The van der Waals surface area contributed by atoms with Crippen LogP contribution in [0.4, 0.5) is 4.79 Å². The maximum absolute atomic E-state index is 11.6.